The first-order valence-corrected chi connectivity index (χ1v) is 8.81. The van der Waals surface area contributed by atoms with Crippen molar-refractivity contribution in [2.45, 2.75) is 79.7 Å². The summed E-state index contributed by atoms with van der Waals surface area (Å²) in [6, 6.07) is 0.634. The standard InChI is InChI=1S/C19H37N/c1-7-10-16(4)20-14-17(15-20)11-12-18(9-3)19(5,6)13-8-2/h7,10,16-18H,8-9,11-15H2,1-6H3/b10-7+. The number of likely N-dealkylation sites (tertiary alicyclic amines) is 1. The van der Waals surface area contributed by atoms with Crippen LogP contribution in [0.15, 0.2) is 12.2 Å². The van der Waals surface area contributed by atoms with Gasteiger partial charge in [0.2, 0.25) is 0 Å². The molecule has 2 unspecified atom stereocenters. The Hall–Kier alpha value is -0.300. The van der Waals surface area contributed by atoms with Crippen molar-refractivity contribution in [1.82, 2.24) is 4.90 Å². The van der Waals surface area contributed by atoms with E-state index < -0.39 is 0 Å². The van der Waals surface area contributed by atoms with Crippen molar-refractivity contribution in [3.63, 3.8) is 0 Å². The molecular weight excluding hydrogens is 242 g/mol. The Morgan fingerprint density at radius 1 is 1.25 bits per heavy atom. The predicted octanol–water partition coefficient (Wildman–Crippen LogP) is 5.52. The quantitative estimate of drug-likeness (QED) is 0.503. The second-order valence-electron chi connectivity index (χ2n) is 7.51. The molecule has 1 saturated heterocycles. The highest BCUT2D eigenvalue weighted by molar-refractivity contribution is 4.95. The van der Waals surface area contributed by atoms with Gasteiger partial charge in [0.05, 0.1) is 0 Å². The van der Waals surface area contributed by atoms with Crippen LogP contribution in [-0.4, -0.2) is 24.0 Å². The maximum absolute atomic E-state index is 2.60. The molecule has 0 bridgehead atoms. The molecule has 0 saturated carbocycles. The second kappa shape index (κ2) is 8.22. The molecule has 1 nitrogen and oxygen atoms in total. The lowest BCUT2D eigenvalue weighted by Gasteiger charge is -2.44. The molecule has 118 valence electrons. The van der Waals surface area contributed by atoms with Crippen LogP contribution < -0.4 is 0 Å². The van der Waals surface area contributed by atoms with Crippen LogP contribution in [0.25, 0.3) is 0 Å². The summed E-state index contributed by atoms with van der Waals surface area (Å²) in [7, 11) is 0. The van der Waals surface area contributed by atoms with Crippen molar-refractivity contribution in [2.24, 2.45) is 17.3 Å². The predicted molar refractivity (Wildman–Crippen MR) is 91.0 cm³/mol. The summed E-state index contributed by atoms with van der Waals surface area (Å²) < 4.78 is 0. The summed E-state index contributed by atoms with van der Waals surface area (Å²) in [5.74, 6) is 1.86. The minimum atomic E-state index is 0.533. The van der Waals surface area contributed by atoms with Gasteiger partial charge in [0.1, 0.15) is 0 Å². The summed E-state index contributed by atoms with van der Waals surface area (Å²) in [6.45, 7) is 16.7. The molecule has 0 aromatic carbocycles. The number of rotatable bonds is 9. The summed E-state index contributed by atoms with van der Waals surface area (Å²) in [5, 5.41) is 0. The molecule has 0 amide bonds. The Kier molecular flexibility index (Phi) is 7.29. The summed E-state index contributed by atoms with van der Waals surface area (Å²) in [5.41, 5.74) is 0.533. The molecule has 0 radical (unpaired) electrons. The maximum Gasteiger partial charge on any atom is 0.0250 e. The zero-order valence-corrected chi connectivity index (χ0v) is 14.8. The van der Waals surface area contributed by atoms with E-state index in [2.05, 4.69) is 58.6 Å². The van der Waals surface area contributed by atoms with Gasteiger partial charge in [-0.3, -0.25) is 4.90 Å². The molecule has 0 aliphatic carbocycles. The van der Waals surface area contributed by atoms with Gasteiger partial charge in [-0.15, -0.1) is 0 Å². The van der Waals surface area contributed by atoms with Crippen LogP contribution >= 0.6 is 0 Å². The second-order valence-corrected chi connectivity index (χ2v) is 7.51. The van der Waals surface area contributed by atoms with Crippen molar-refractivity contribution in [1.29, 1.82) is 0 Å². The zero-order valence-electron chi connectivity index (χ0n) is 14.8. The molecule has 0 spiro atoms. The van der Waals surface area contributed by atoms with Crippen LogP contribution in [0.4, 0.5) is 0 Å². The monoisotopic (exact) mass is 279 g/mol. The lowest BCUT2D eigenvalue weighted by molar-refractivity contribution is 0.0605. The third-order valence-corrected chi connectivity index (χ3v) is 5.45. The average Bonchev–Trinajstić information content (AvgIpc) is 2.31. The average molecular weight is 280 g/mol. The zero-order chi connectivity index (χ0) is 15.2. The van der Waals surface area contributed by atoms with E-state index in [9.17, 15) is 0 Å². The number of hydrogen-bond acceptors (Lipinski definition) is 1. The highest BCUT2D eigenvalue weighted by atomic mass is 15.2. The Balaban J connectivity index is 2.30. The van der Waals surface area contributed by atoms with Crippen LogP contribution in [0.3, 0.4) is 0 Å². The van der Waals surface area contributed by atoms with Crippen LogP contribution in [-0.2, 0) is 0 Å². The molecule has 1 aliphatic heterocycles. The molecule has 1 aliphatic rings. The van der Waals surface area contributed by atoms with Gasteiger partial charge < -0.3 is 0 Å². The van der Waals surface area contributed by atoms with Crippen LogP contribution in [0.1, 0.15) is 73.6 Å². The van der Waals surface area contributed by atoms with E-state index in [-0.39, 0.29) is 0 Å². The Labute approximate surface area is 127 Å². The summed E-state index contributed by atoms with van der Waals surface area (Å²) in [6.07, 6.45) is 11.4. The molecule has 1 heteroatoms. The number of hydrogen-bond donors (Lipinski definition) is 0. The number of nitrogens with zero attached hydrogens (tertiary/aromatic N) is 1. The molecule has 1 rings (SSSR count). The van der Waals surface area contributed by atoms with E-state index in [4.69, 9.17) is 0 Å². The van der Waals surface area contributed by atoms with Crippen molar-refractivity contribution < 1.29 is 0 Å². The molecule has 0 aromatic heterocycles. The first-order valence-electron chi connectivity index (χ1n) is 8.81. The molecule has 2 atom stereocenters. The maximum atomic E-state index is 2.60. The van der Waals surface area contributed by atoms with E-state index in [1.54, 1.807) is 0 Å². The molecular formula is C19H37N. The van der Waals surface area contributed by atoms with Crippen molar-refractivity contribution in [3.05, 3.63) is 12.2 Å². The molecule has 20 heavy (non-hydrogen) atoms. The highest BCUT2D eigenvalue weighted by Gasteiger charge is 2.32. The molecule has 0 N–H and O–H groups in total. The van der Waals surface area contributed by atoms with Gasteiger partial charge in [0.25, 0.3) is 0 Å². The van der Waals surface area contributed by atoms with Crippen LogP contribution in [0.5, 0.6) is 0 Å². The Morgan fingerprint density at radius 2 is 1.90 bits per heavy atom. The third-order valence-electron chi connectivity index (χ3n) is 5.45. The van der Waals surface area contributed by atoms with E-state index in [0.29, 0.717) is 11.5 Å². The summed E-state index contributed by atoms with van der Waals surface area (Å²) in [4.78, 5) is 2.60. The van der Waals surface area contributed by atoms with E-state index in [1.807, 2.05) is 0 Å². The van der Waals surface area contributed by atoms with Crippen LogP contribution in [0.2, 0.25) is 0 Å². The Morgan fingerprint density at radius 3 is 2.40 bits per heavy atom. The minimum absolute atomic E-state index is 0.533. The first-order chi connectivity index (χ1) is 9.44. The smallest absolute Gasteiger partial charge is 0.0250 e. The lowest BCUT2D eigenvalue weighted by atomic mass is 9.71. The molecule has 1 fully saturated rings. The van der Waals surface area contributed by atoms with Crippen molar-refractivity contribution in [3.8, 4) is 0 Å². The fraction of sp³-hybridized carbons (Fsp3) is 0.895. The van der Waals surface area contributed by atoms with E-state index in [0.717, 1.165) is 11.8 Å². The first kappa shape index (κ1) is 17.8. The summed E-state index contributed by atoms with van der Waals surface area (Å²) >= 11 is 0. The third kappa shape index (κ3) is 4.91. The molecule has 0 aromatic rings. The normalized spacial score (nSPS) is 21.1. The van der Waals surface area contributed by atoms with Gasteiger partial charge >= 0.3 is 0 Å². The van der Waals surface area contributed by atoms with Crippen molar-refractivity contribution in [2.75, 3.05) is 13.1 Å². The lowest BCUT2D eigenvalue weighted by Crippen LogP contribution is -2.50. The van der Waals surface area contributed by atoms with E-state index in [1.165, 1.54) is 45.2 Å². The SMILES string of the molecule is C/C=C/C(C)N1CC(CCC(CC)C(C)(C)CCC)C1. The van der Waals surface area contributed by atoms with Gasteiger partial charge in [0.15, 0.2) is 0 Å². The minimum Gasteiger partial charge on any atom is -0.297 e. The largest absolute Gasteiger partial charge is 0.297 e. The van der Waals surface area contributed by atoms with Gasteiger partial charge in [-0.2, -0.15) is 0 Å². The highest BCUT2D eigenvalue weighted by Crippen LogP contribution is 2.38. The van der Waals surface area contributed by atoms with Gasteiger partial charge in [-0.05, 0) is 50.4 Å². The Bertz CT molecular complexity index is 286. The van der Waals surface area contributed by atoms with Gasteiger partial charge in [-0.1, -0.05) is 52.7 Å². The molecule has 1 heterocycles. The van der Waals surface area contributed by atoms with Gasteiger partial charge in [0, 0.05) is 19.1 Å². The van der Waals surface area contributed by atoms with Crippen molar-refractivity contribution >= 4 is 0 Å². The number of allylic oxidation sites excluding steroid dienone is 1. The van der Waals surface area contributed by atoms with Gasteiger partial charge in [-0.25, -0.2) is 0 Å². The fourth-order valence-electron chi connectivity index (χ4n) is 3.96. The fourth-order valence-corrected chi connectivity index (χ4v) is 3.96. The van der Waals surface area contributed by atoms with E-state index >= 15 is 0 Å². The van der Waals surface area contributed by atoms with Crippen LogP contribution in [0, 0.1) is 17.3 Å². The topological polar surface area (TPSA) is 3.24 Å².